The summed E-state index contributed by atoms with van der Waals surface area (Å²) in [5, 5.41) is 0. The predicted octanol–water partition coefficient (Wildman–Crippen LogP) is 2.34. The van der Waals surface area contributed by atoms with Crippen molar-refractivity contribution in [3.8, 4) is 11.5 Å². The zero-order valence-electron chi connectivity index (χ0n) is 18.1. The first-order valence-corrected chi connectivity index (χ1v) is 10.5. The second-order valence-corrected chi connectivity index (χ2v) is 8.05. The molecule has 1 N–H and O–H groups in total. The standard InChI is InChI=1S/C24H31FN2O3/c1-26(13-11-18-9-10-22(29-2)23(15-18)30-3)24(28)20-7-5-12-27(17-20)16-19-6-4-8-21(25)14-19/h4,6,8-10,14-15,20H,5,7,11-13,16-17H2,1-3H3/p+1/t20-/m1/s1. The minimum absolute atomic E-state index is 0.0257. The fourth-order valence-corrected chi connectivity index (χ4v) is 4.21. The van der Waals surface area contributed by atoms with Gasteiger partial charge in [0.25, 0.3) is 0 Å². The van der Waals surface area contributed by atoms with E-state index in [4.69, 9.17) is 9.47 Å². The van der Waals surface area contributed by atoms with Crippen LogP contribution in [0.3, 0.4) is 0 Å². The number of quaternary nitrogens is 1. The summed E-state index contributed by atoms with van der Waals surface area (Å²) in [6.45, 7) is 3.24. The Kier molecular flexibility index (Phi) is 7.69. The van der Waals surface area contributed by atoms with Crippen molar-refractivity contribution >= 4 is 5.91 Å². The number of nitrogens with one attached hydrogen (secondary N) is 1. The summed E-state index contributed by atoms with van der Waals surface area (Å²) in [6, 6.07) is 12.6. The molecule has 162 valence electrons. The van der Waals surface area contributed by atoms with Crippen molar-refractivity contribution in [3.63, 3.8) is 0 Å². The van der Waals surface area contributed by atoms with E-state index in [1.165, 1.54) is 11.0 Å². The molecule has 2 aromatic rings. The molecule has 0 saturated carbocycles. The second kappa shape index (κ2) is 10.4. The third-order valence-electron chi connectivity index (χ3n) is 5.87. The first-order chi connectivity index (χ1) is 14.5. The average Bonchev–Trinajstić information content (AvgIpc) is 2.76. The largest absolute Gasteiger partial charge is 0.493 e. The molecular weight excluding hydrogens is 383 g/mol. The number of nitrogens with zero attached hydrogens (tertiary/aromatic N) is 1. The van der Waals surface area contributed by atoms with Crippen LogP contribution in [0.2, 0.25) is 0 Å². The van der Waals surface area contributed by atoms with Crippen LogP contribution < -0.4 is 14.4 Å². The van der Waals surface area contributed by atoms with Crippen LogP contribution in [-0.4, -0.2) is 51.7 Å². The number of amides is 1. The smallest absolute Gasteiger partial charge is 0.231 e. The Morgan fingerprint density at radius 1 is 1.13 bits per heavy atom. The van der Waals surface area contributed by atoms with Crippen LogP contribution in [0.1, 0.15) is 24.0 Å². The number of carbonyl (C=O) groups excluding carboxylic acids is 1. The van der Waals surface area contributed by atoms with E-state index in [0.717, 1.165) is 50.0 Å². The molecule has 1 saturated heterocycles. The van der Waals surface area contributed by atoms with Crippen molar-refractivity contribution in [1.29, 1.82) is 0 Å². The highest BCUT2D eigenvalue weighted by Gasteiger charge is 2.30. The normalized spacial score (nSPS) is 18.7. The molecule has 0 aromatic heterocycles. The van der Waals surface area contributed by atoms with Crippen molar-refractivity contribution in [1.82, 2.24) is 4.90 Å². The maximum atomic E-state index is 13.5. The average molecular weight is 416 g/mol. The zero-order chi connectivity index (χ0) is 21.5. The number of hydrogen-bond donors (Lipinski definition) is 1. The SMILES string of the molecule is COc1ccc(CCN(C)C(=O)[C@@H]2CCC[NH+](Cc3cccc(F)c3)C2)cc1OC. The first-order valence-electron chi connectivity index (χ1n) is 10.5. The number of carbonyl (C=O) groups is 1. The number of piperidine rings is 1. The van der Waals surface area contributed by atoms with Crippen molar-refractivity contribution in [2.24, 2.45) is 5.92 Å². The van der Waals surface area contributed by atoms with E-state index >= 15 is 0 Å². The number of methoxy groups -OCH3 is 2. The van der Waals surface area contributed by atoms with Crippen molar-refractivity contribution in [3.05, 3.63) is 59.4 Å². The van der Waals surface area contributed by atoms with E-state index in [0.29, 0.717) is 18.0 Å². The lowest BCUT2D eigenvalue weighted by atomic mass is 9.96. The van der Waals surface area contributed by atoms with E-state index in [-0.39, 0.29) is 17.6 Å². The van der Waals surface area contributed by atoms with Crippen molar-refractivity contribution < 1.29 is 23.6 Å². The van der Waals surface area contributed by atoms with Gasteiger partial charge in [0.15, 0.2) is 11.5 Å². The van der Waals surface area contributed by atoms with Gasteiger partial charge in [0, 0.05) is 19.2 Å². The second-order valence-electron chi connectivity index (χ2n) is 8.05. The molecule has 2 atom stereocenters. The Labute approximate surface area is 178 Å². The maximum absolute atomic E-state index is 13.5. The summed E-state index contributed by atoms with van der Waals surface area (Å²) < 4.78 is 24.1. The molecule has 2 aromatic carbocycles. The minimum Gasteiger partial charge on any atom is -0.493 e. The van der Waals surface area contributed by atoms with Crippen LogP contribution in [0.4, 0.5) is 4.39 Å². The van der Waals surface area contributed by atoms with E-state index in [1.807, 2.05) is 36.2 Å². The molecule has 1 fully saturated rings. The fraction of sp³-hybridized carbons (Fsp3) is 0.458. The monoisotopic (exact) mass is 415 g/mol. The highest BCUT2D eigenvalue weighted by Crippen LogP contribution is 2.27. The Bertz CT molecular complexity index is 858. The first kappa shape index (κ1) is 22.1. The molecule has 0 spiro atoms. The van der Waals surface area contributed by atoms with Gasteiger partial charge < -0.3 is 19.3 Å². The molecule has 5 nitrogen and oxygen atoms in total. The summed E-state index contributed by atoms with van der Waals surface area (Å²) in [5.74, 6) is 1.43. The van der Waals surface area contributed by atoms with E-state index < -0.39 is 0 Å². The van der Waals surface area contributed by atoms with Gasteiger partial charge in [0.05, 0.1) is 33.2 Å². The number of halogens is 1. The molecule has 0 bridgehead atoms. The molecule has 1 unspecified atom stereocenters. The molecule has 6 heteroatoms. The van der Waals surface area contributed by atoms with Crippen molar-refractivity contribution in [2.45, 2.75) is 25.8 Å². The molecular formula is C24H32FN2O3+. The number of rotatable bonds is 8. The maximum Gasteiger partial charge on any atom is 0.231 e. The molecule has 1 heterocycles. The summed E-state index contributed by atoms with van der Waals surface area (Å²) >= 11 is 0. The molecule has 1 aliphatic rings. The summed E-state index contributed by atoms with van der Waals surface area (Å²) in [4.78, 5) is 16.2. The van der Waals surface area contributed by atoms with E-state index in [2.05, 4.69) is 0 Å². The number of hydrogen-bond acceptors (Lipinski definition) is 3. The predicted molar refractivity (Wildman–Crippen MR) is 114 cm³/mol. The molecule has 1 amide bonds. The highest BCUT2D eigenvalue weighted by molar-refractivity contribution is 5.78. The van der Waals surface area contributed by atoms with Crippen LogP contribution in [0.25, 0.3) is 0 Å². The molecule has 30 heavy (non-hydrogen) atoms. The van der Waals surface area contributed by atoms with E-state index in [1.54, 1.807) is 26.4 Å². The number of likely N-dealkylation sites (N-methyl/N-ethyl adjacent to an activating group) is 1. The summed E-state index contributed by atoms with van der Waals surface area (Å²) in [7, 11) is 5.12. The fourth-order valence-electron chi connectivity index (χ4n) is 4.21. The molecule has 0 radical (unpaired) electrons. The Morgan fingerprint density at radius 2 is 1.93 bits per heavy atom. The summed E-state index contributed by atoms with van der Waals surface area (Å²) in [5.41, 5.74) is 2.09. The van der Waals surface area contributed by atoms with Gasteiger partial charge in [-0.05, 0) is 49.1 Å². The van der Waals surface area contributed by atoms with Gasteiger partial charge in [-0.15, -0.1) is 0 Å². The number of ether oxygens (including phenoxy) is 2. The minimum atomic E-state index is -0.202. The van der Waals surface area contributed by atoms with Crippen LogP contribution in [-0.2, 0) is 17.8 Å². The molecule has 0 aliphatic carbocycles. The van der Waals surface area contributed by atoms with Crippen LogP contribution >= 0.6 is 0 Å². The third-order valence-corrected chi connectivity index (χ3v) is 5.87. The number of benzene rings is 2. The lowest BCUT2D eigenvalue weighted by Crippen LogP contribution is -3.12. The van der Waals surface area contributed by atoms with Gasteiger partial charge in [-0.2, -0.15) is 0 Å². The lowest BCUT2D eigenvalue weighted by molar-refractivity contribution is -0.921. The van der Waals surface area contributed by atoms with Gasteiger partial charge >= 0.3 is 0 Å². The molecule has 1 aliphatic heterocycles. The van der Waals surface area contributed by atoms with Crippen LogP contribution in [0, 0.1) is 11.7 Å². The quantitative estimate of drug-likeness (QED) is 0.720. The third kappa shape index (κ3) is 5.72. The Morgan fingerprint density at radius 3 is 2.67 bits per heavy atom. The van der Waals surface area contributed by atoms with Crippen LogP contribution in [0.5, 0.6) is 11.5 Å². The van der Waals surface area contributed by atoms with Gasteiger partial charge in [-0.3, -0.25) is 4.79 Å². The van der Waals surface area contributed by atoms with Gasteiger partial charge in [-0.25, -0.2) is 4.39 Å². The van der Waals surface area contributed by atoms with Gasteiger partial charge in [0.1, 0.15) is 12.4 Å². The number of likely N-dealkylation sites (tertiary alicyclic amines) is 1. The highest BCUT2D eigenvalue weighted by atomic mass is 19.1. The zero-order valence-corrected chi connectivity index (χ0v) is 18.1. The van der Waals surface area contributed by atoms with Gasteiger partial charge in [-0.1, -0.05) is 18.2 Å². The molecule has 3 rings (SSSR count). The summed E-state index contributed by atoms with van der Waals surface area (Å²) in [6.07, 6.45) is 2.70. The van der Waals surface area contributed by atoms with Crippen LogP contribution in [0.15, 0.2) is 42.5 Å². The Hall–Kier alpha value is -2.60. The van der Waals surface area contributed by atoms with E-state index in [9.17, 15) is 9.18 Å². The topological polar surface area (TPSA) is 43.2 Å². The lowest BCUT2D eigenvalue weighted by Gasteiger charge is -2.31. The Balaban J connectivity index is 1.53. The van der Waals surface area contributed by atoms with Crippen molar-refractivity contribution in [2.75, 3.05) is 40.9 Å². The van der Waals surface area contributed by atoms with Gasteiger partial charge in [0.2, 0.25) is 5.91 Å².